The Bertz CT molecular complexity index is 407. The van der Waals surface area contributed by atoms with Crippen molar-refractivity contribution in [3.63, 3.8) is 0 Å². The fourth-order valence-electron chi connectivity index (χ4n) is 2.38. The van der Waals surface area contributed by atoms with E-state index in [1.54, 1.807) is 0 Å². The van der Waals surface area contributed by atoms with Crippen molar-refractivity contribution in [2.75, 3.05) is 0 Å². The summed E-state index contributed by atoms with van der Waals surface area (Å²) in [4.78, 5) is 0. The van der Waals surface area contributed by atoms with E-state index in [-0.39, 0.29) is 11.1 Å². The maximum absolute atomic E-state index is 8.35. The molecule has 1 aromatic rings. The van der Waals surface area contributed by atoms with E-state index < -0.39 is 0 Å². The topological polar surface area (TPSA) is 33.7 Å². The number of hydrogen-bond acceptors (Lipinski definition) is 1. The second-order valence-electron chi connectivity index (χ2n) is 6.51. The lowest BCUT2D eigenvalue weighted by Crippen LogP contribution is -2.40. The van der Waals surface area contributed by atoms with E-state index in [2.05, 4.69) is 64.5 Å². The lowest BCUT2D eigenvalue weighted by molar-refractivity contribution is 0.328. The first-order valence-electron chi connectivity index (χ1n) is 5.84. The van der Waals surface area contributed by atoms with E-state index in [0.29, 0.717) is 5.62 Å². The molecular weight excluding hydrogens is 198 g/mol. The van der Waals surface area contributed by atoms with Crippen LogP contribution in [-0.4, -0.2) is 9.13 Å². The first kappa shape index (κ1) is 13.1. The molecule has 0 bridgehead atoms. The van der Waals surface area contributed by atoms with Crippen LogP contribution >= 0.6 is 0 Å². The Kier molecular flexibility index (Phi) is 2.86. The van der Waals surface area contributed by atoms with Gasteiger partial charge in [-0.25, -0.2) is 0 Å². The zero-order valence-electron chi connectivity index (χ0n) is 11.9. The first-order chi connectivity index (χ1) is 6.98. The Labute approximate surface area is 98.6 Å². The molecule has 0 unspecified atom stereocenters. The van der Waals surface area contributed by atoms with Gasteiger partial charge < -0.3 is 9.13 Å². The molecule has 0 aliphatic heterocycles. The van der Waals surface area contributed by atoms with Crippen molar-refractivity contribution >= 4 is 0 Å². The van der Waals surface area contributed by atoms with E-state index in [0.717, 1.165) is 0 Å². The van der Waals surface area contributed by atoms with Crippen LogP contribution in [-0.2, 0) is 11.1 Å². The maximum Gasteiger partial charge on any atom is 0.203 e. The van der Waals surface area contributed by atoms with Crippen LogP contribution in [0.25, 0.3) is 0 Å². The summed E-state index contributed by atoms with van der Waals surface area (Å²) in [5, 5.41) is 8.35. The minimum atomic E-state index is -0.0393. The second-order valence-corrected chi connectivity index (χ2v) is 6.51. The lowest BCUT2D eigenvalue weighted by Gasteiger charge is -2.25. The molecule has 0 saturated heterocycles. The van der Waals surface area contributed by atoms with Crippen molar-refractivity contribution in [3.05, 3.63) is 17.0 Å². The van der Waals surface area contributed by atoms with Gasteiger partial charge in [-0.2, -0.15) is 0 Å². The molecule has 1 heterocycles. The summed E-state index contributed by atoms with van der Waals surface area (Å²) in [5.74, 6) is 0. The van der Waals surface area contributed by atoms with Crippen molar-refractivity contribution in [2.45, 2.75) is 66.5 Å². The average molecular weight is 223 g/mol. The fourth-order valence-corrected chi connectivity index (χ4v) is 2.38. The largest absolute Gasteiger partial charge is 0.309 e. The van der Waals surface area contributed by atoms with Gasteiger partial charge >= 0.3 is 0 Å². The van der Waals surface area contributed by atoms with Gasteiger partial charge in [0.2, 0.25) is 5.62 Å². The van der Waals surface area contributed by atoms with E-state index in [4.69, 9.17) is 5.41 Å². The van der Waals surface area contributed by atoms with E-state index in [1.807, 2.05) is 0 Å². The SMILES string of the molecule is Cc1c(C)n(C(C)(C)C)c(=N)n1C(C)(C)C. The van der Waals surface area contributed by atoms with Crippen molar-refractivity contribution in [3.8, 4) is 0 Å². The molecule has 0 saturated carbocycles. The molecule has 0 fully saturated rings. The number of imidazole rings is 1. The molecule has 0 aliphatic carbocycles. The number of rotatable bonds is 0. The Morgan fingerprint density at radius 3 is 1.12 bits per heavy atom. The summed E-state index contributed by atoms with van der Waals surface area (Å²) < 4.78 is 4.21. The minimum Gasteiger partial charge on any atom is -0.309 e. The van der Waals surface area contributed by atoms with Crippen LogP contribution in [0.3, 0.4) is 0 Å². The third-order valence-corrected chi connectivity index (χ3v) is 2.96. The number of aromatic nitrogens is 2. The molecule has 92 valence electrons. The summed E-state index contributed by atoms with van der Waals surface area (Å²) in [5.41, 5.74) is 2.89. The molecule has 0 amide bonds. The van der Waals surface area contributed by atoms with Gasteiger partial charge in [0.15, 0.2) is 0 Å². The van der Waals surface area contributed by atoms with Crippen LogP contribution < -0.4 is 5.62 Å². The molecule has 0 atom stereocenters. The average Bonchev–Trinajstić information content (AvgIpc) is 2.19. The molecule has 1 rings (SSSR count). The van der Waals surface area contributed by atoms with Crippen molar-refractivity contribution < 1.29 is 0 Å². The Hall–Kier alpha value is -0.990. The minimum absolute atomic E-state index is 0.0393. The summed E-state index contributed by atoms with van der Waals surface area (Å²) in [7, 11) is 0. The van der Waals surface area contributed by atoms with Crippen molar-refractivity contribution in [1.82, 2.24) is 9.13 Å². The van der Waals surface area contributed by atoms with Crippen LogP contribution in [0.5, 0.6) is 0 Å². The third-order valence-electron chi connectivity index (χ3n) is 2.96. The standard InChI is InChI=1S/C13H25N3/c1-9-10(2)16(13(6,7)8)11(14)15(9)12(3,4)5/h14H,1-8H3. The van der Waals surface area contributed by atoms with Gasteiger partial charge in [-0.1, -0.05) is 0 Å². The summed E-state index contributed by atoms with van der Waals surface area (Å²) in [6, 6.07) is 0. The van der Waals surface area contributed by atoms with Crippen molar-refractivity contribution in [1.29, 1.82) is 5.41 Å². The third kappa shape index (κ3) is 1.95. The highest BCUT2D eigenvalue weighted by Gasteiger charge is 2.25. The van der Waals surface area contributed by atoms with Gasteiger partial charge in [0, 0.05) is 22.5 Å². The van der Waals surface area contributed by atoms with Gasteiger partial charge in [0.05, 0.1) is 0 Å². The van der Waals surface area contributed by atoms with E-state index in [1.165, 1.54) is 11.4 Å². The van der Waals surface area contributed by atoms with Gasteiger partial charge in [-0.15, -0.1) is 0 Å². The Balaban J connectivity index is 3.67. The predicted molar refractivity (Wildman–Crippen MR) is 67.7 cm³/mol. The number of nitrogens with one attached hydrogen (secondary N) is 1. The molecule has 1 N–H and O–H groups in total. The molecule has 3 heteroatoms. The molecule has 0 spiro atoms. The molecule has 1 aromatic heterocycles. The van der Waals surface area contributed by atoms with Gasteiger partial charge in [-0.05, 0) is 55.4 Å². The summed E-state index contributed by atoms with van der Waals surface area (Å²) in [6.45, 7) is 17.1. The maximum atomic E-state index is 8.35. The number of hydrogen-bond donors (Lipinski definition) is 1. The van der Waals surface area contributed by atoms with E-state index >= 15 is 0 Å². The zero-order valence-corrected chi connectivity index (χ0v) is 11.9. The fraction of sp³-hybridized carbons (Fsp3) is 0.769. The van der Waals surface area contributed by atoms with Crippen molar-refractivity contribution in [2.24, 2.45) is 0 Å². The smallest absolute Gasteiger partial charge is 0.203 e. The van der Waals surface area contributed by atoms with Crippen LogP contribution in [0, 0.1) is 19.3 Å². The molecule has 16 heavy (non-hydrogen) atoms. The van der Waals surface area contributed by atoms with E-state index in [9.17, 15) is 0 Å². The van der Waals surface area contributed by atoms with Gasteiger partial charge in [0.1, 0.15) is 0 Å². The zero-order chi connectivity index (χ0) is 12.9. The number of nitrogens with zero attached hydrogens (tertiary/aromatic N) is 2. The quantitative estimate of drug-likeness (QED) is 0.702. The Morgan fingerprint density at radius 2 is 1.00 bits per heavy atom. The summed E-state index contributed by atoms with van der Waals surface area (Å²) >= 11 is 0. The van der Waals surface area contributed by atoms with Crippen LogP contribution in [0.1, 0.15) is 52.9 Å². The molecule has 0 radical (unpaired) electrons. The second kappa shape index (κ2) is 3.51. The summed E-state index contributed by atoms with van der Waals surface area (Å²) in [6.07, 6.45) is 0. The predicted octanol–water partition coefficient (Wildman–Crippen LogP) is 2.90. The molecule has 3 nitrogen and oxygen atoms in total. The molecular formula is C13H25N3. The highest BCUT2D eigenvalue weighted by atomic mass is 15.2. The normalized spacial score (nSPS) is 13.2. The molecule has 0 aliphatic rings. The van der Waals surface area contributed by atoms with Crippen LogP contribution in [0.15, 0.2) is 0 Å². The first-order valence-corrected chi connectivity index (χ1v) is 5.84. The monoisotopic (exact) mass is 223 g/mol. The Morgan fingerprint density at radius 1 is 0.750 bits per heavy atom. The lowest BCUT2D eigenvalue weighted by atomic mass is 10.1. The van der Waals surface area contributed by atoms with Gasteiger partial charge in [0.25, 0.3) is 0 Å². The highest BCUT2D eigenvalue weighted by Crippen LogP contribution is 2.21. The molecule has 0 aromatic carbocycles. The van der Waals surface area contributed by atoms with Crippen LogP contribution in [0.4, 0.5) is 0 Å². The van der Waals surface area contributed by atoms with Gasteiger partial charge in [-0.3, -0.25) is 5.41 Å². The highest BCUT2D eigenvalue weighted by molar-refractivity contribution is 5.15. The van der Waals surface area contributed by atoms with Crippen LogP contribution in [0.2, 0.25) is 0 Å².